The molecule has 0 spiro atoms. The fraction of sp³-hybridized carbons (Fsp3) is 0.708. The van der Waals surface area contributed by atoms with E-state index in [2.05, 4.69) is 28.0 Å². The average molecular weight is 385 g/mol. The number of likely N-dealkylation sites (tertiary alicyclic amines) is 1. The van der Waals surface area contributed by atoms with Gasteiger partial charge in [0.05, 0.1) is 0 Å². The van der Waals surface area contributed by atoms with Gasteiger partial charge in [0.25, 0.3) is 0 Å². The second-order valence-electron chi connectivity index (χ2n) is 8.93. The first-order valence-electron chi connectivity index (χ1n) is 11.5. The summed E-state index contributed by atoms with van der Waals surface area (Å²) in [4.78, 5) is 17.8. The minimum atomic E-state index is 0.262. The molecule has 1 saturated heterocycles. The van der Waals surface area contributed by atoms with Gasteiger partial charge >= 0.3 is 0 Å². The van der Waals surface area contributed by atoms with E-state index >= 15 is 0 Å². The van der Waals surface area contributed by atoms with Gasteiger partial charge in [-0.1, -0.05) is 37.8 Å². The highest BCUT2D eigenvalue weighted by atomic mass is 16.5. The maximum absolute atomic E-state index is 13.1. The number of piperidine rings is 1. The third-order valence-electron chi connectivity index (χ3n) is 6.60. The van der Waals surface area contributed by atoms with E-state index < -0.39 is 0 Å². The zero-order valence-electron chi connectivity index (χ0n) is 17.3. The van der Waals surface area contributed by atoms with Gasteiger partial charge in [-0.25, -0.2) is 0 Å². The second-order valence-corrected chi connectivity index (χ2v) is 8.93. The molecule has 1 aromatic carbocycles. The first kappa shape index (κ1) is 19.8. The van der Waals surface area contributed by atoms with Gasteiger partial charge in [-0.05, 0) is 69.3 Å². The van der Waals surface area contributed by atoms with Crippen LogP contribution < -0.4 is 4.74 Å². The summed E-state index contributed by atoms with van der Waals surface area (Å²) in [5.74, 6) is 1.60. The number of carbonyl (C=O) groups excluding carboxylic acids is 1. The Kier molecular flexibility index (Phi) is 6.90. The number of ether oxygens (including phenoxy) is 1. The van der Waals surface area contributed by atoms with Crippen LogP contribution in [0.4, 0.5) is 0 Å². The molecule has 0 unspecified atom stereocenters. The zero-order valence-corrected chi connectivity index (χ0v) is 17.3. The van der Waals surface area contributed by atoms with E-state index in [9.17, 15) is 4.79 Å². The highest BCUT2D eigenvalue weighted by Crippen LogP contribution is 2.33. The van der Waals surface area contributed by atoms with Crippen LogP contribution in [-0.4, -0.2) is 48.0 Å². The van der Waals surface area contributed by atoms with Crippen LogP contribution in [0.2, 0.25) is 0 Å². The fourth-order valence-corrected chi connectivity index (χ4v) is 4.76. The molecular weight excluding hydrogens is 348 g/mol. The van der Waals surface area contributed by atoms with Crippen LogP contribution in [0.5, 0.6) is 5.75 Å². The van der Waals surface area contributed by atoms with Crippen LogP contribution in [0.15, 0.2) is 24.3 Å². The Balaban J connectivity index is 1.31. The monoisotopic (exact) mass is 384 g/mol. The van der Waals surface area contributed by atoms with E-state index in [0.29, 0.717) is 11.9 Å². The van der Waals surface area contributed by atoms with Crippen molar-refractivity contribution in [3.63, 3.8) is 0 Å². The summed E-state index contributed by atoms with van der Waals surface area (Å²) in [6.45, 7) is 4.92. The van der Waals surface area contributed by atoms with Gasteiger partial charge < -0.3 is 9.64 Å². The van der Waals surface area contributed by atoms with E-state index in [4.69, 9.17) is 4.74 Å². The molecule has 28 heavy (non-hydrogen) atoms. The smallest absolute Gasteiger partial charge is 0.226 e. The van der Waals surface area contributed by atoms with Gasteiger partial charge in [-0.15, -0.1) is 0 Å². The summed E-state index contributed by atoms with van der Waals surface area (Å²) in [6, 6.07) is 8.87. The van der Waals surface area contributed by atoms with Gasteiger partial charge in [0.2, 0.25) is 5.91 Å². The van der Waals surface area contributed by atoms with E-state index in [1.807, 2.05) is 6.07 Å². The lowest BCUT2D eigenvalue weighted by atomic mass is 9.88. The fourth-order valence-electron chi connectivity index (χ4n) is 4.76. The molecule has 3 aliphatic rings. The van der Waals surface area contributed by atoms with Crippen molar-refractivity contribution in [3.05, 3.63) is 29.8 Å². The average Bonchev–Trinajstić information content (AvgIpc) is 3.59. The molecule has 1 amide bonds. The van der Waals surface area contributed by atoms with Gasteiger partial charge in [0, 0.05) is 25.0 Å². The van der Waals surface area contributed by atoms with Crippen molar-refractivity contribution < 1.29 is 9.53 Å². The Labute approximate surface area is 170 Å². The first-order chi connectivity index (χ1) is 13.8. The Bertz CT molecular complexity index is 631. The number of hydrogen-bond donors (Lipinski definition) is 0. The summed E-state index contributed by atoms with van der Waals surface area (Å²) in [6.07, 6.45) is 12.3. The minimum absolute atomic E-state index is 0.262. The van der Waals surface area contributed by atoms with Crippen molar-refractivity contribution in [2.75, 3.05) is 26.2 Å². The molecule has 1 aromatic rings. The van der Waals surface area contributed by atoms with Crippen LogP contribution in [0.25, 0.3) is 0 Å². The molecule has 2 aliphatic carbocycles. The minimum Gasteiger partial charge on any atom is -0.492 e. The molecular formula is C24H36N2O2. The standard InChI is InChI=1S/C24H36N2O2/c27-24(21-9-3-1-4-10-21)26(22-12-13-22)19-20-8-7-11-23(18-20)28-17-16-25-14-5-2-6-15-25/h7-8,11,18,21-22H,1-6,9-10,12-17,19H2. The third-order valence-corrected chi connectivity index (χ3v) is 6.60. The molecule has 0 radical (unpaired) electrons. The summed E-state index contributed by atoms with van der Waals surface area (Å²) in [5, 5.41) is 0. The molecule has 4 nitrogen and oxygen atoms in total. The van der Waals surface area contributed by atoms with E-state index in [1.165, 1.54) is 70.0 Å². The highest BCUT2D eigenvalue weighted by Gasteiger charge is 2.36. The normalized spacial score (nSPS) is 21.4. The van der Waals surface area contributed by atoms with Crippen LogP contribution in [0.3, 0.4) is 0 Å². The lowest BCUT2D eigenvalue weighted by molar-refractivity contribution is -0.137. The van der Waals surface area contributed by atoms with Crippen molar-refractivity contribution in [1.82, 2.24) is 9.80 Å². The number of hydrogen-bond acceptors (Lipinski definition) is 3. The summed E-state index contributed by atoms with van der Waals surface area (Å²) < 4.78 is 6.04. The first-order valence-corrected chi connectivity index (χ1v) is 11.5. The molecule has 0 atom stereocenters. The highest BCUT2D eigenvalue weighted by molar-refractivity contribution is 5.79. The van der Waals surface area contributed by atoms with Crippen LogP contribution in [0, 0.1) is 5.92 Å². The molecule has 0 bridgehead atoms. The summed E-state index contributed by atoms with van der Waals surface area (Å²) >= 11 is 0. The van der Waals surface area contributed by atoms with Gasteiger partial charge in [0.1, 0.15) is 12.4 Å². The summed E-state index contributed by atoms with van der Waals surface area (Å²) in [5.41, 5.74) is 1.20. The van der Waals surface area contributed by atoms with E-state index in [-0.39, 0.29) is 5.92 Å². The van der Waals surface area contributed by atoms with E-state index in [0.717, 1.165) is 38.3 Å². The lowest BCUT2D eigenvalue weighted by Gasteiger charge is -2.29. The molecule has 3 fully saturated rings. The zero-order chi connectivity index (χ0) is 19.2. The number of amides is 1. The van der Waals surface area contributed by atoms with Crippen molar-refractivity contribution in [1.29, 1.82) is 0 Å². The van der Waals surface area contributed by atoms with Crippen molar-refractivity contribution >= 4 is 5.91 Å². The number of rotatable bonds is 8. The number of carbonyl (C=O) groups is 1. The quantitative estimate of drug-likeness (QED) is 0.655. The number of nitrogens with zero attached hydrogens (tertiary/aromatic N) is 2. The second kappa shape index (κ2) is 9.78. The largest absolute Gasteiger partial charge is 0.492 e. The van der Waals surface area contributed by atoms with Crippen molar-refractivity contribution in [2.24, 2.45) is 5.92 Å². The molecule has 4 heteroatoms. The predicted molar refractivity (Wildman–Crippen MR) is 112 cm³/mol. The molecule has 1 heterocycles. The maximum atomic E-state index is 13.1. The Morgan fingerprint density at radius 1 is 1.00 bits per heavy atom. The topological polar surface area (TPSA) is 32.8 Å². The summed E-state index contributed by atoms with van der Waals surface area (Å²) in [7, 11) is 0. The van der Waals surface area contributed by atoms with Gasteiger partial charge in [-0.2, -0.15) is 0 Å². The molecule has 0 aromatic heterocycles. The third kappa shape index (κ3) is 5.50. The van der Waals surface area contributed by atoms with Gasteiger partial charge in [0.15, 0.2) is 0 Å². The Morgan fingerprint density at radius 3 is 2.50 bits per heavy atom. The van der Waals surface area contributed by atoms with E-state index in [1.54, 1.807) is 0 Å². The molecule has 0 N–H and O–H groups in total. The Morgan fingerprint density at radius 2 is 1.75 bits per heavy atom. The van der Waals surface area contributed by atoms with Crippen LogP contribution >= 0.6 is 0 Å². The number of benzene rings is 1. The lowest BCUT2D eigenvalue weighted by Crippen LogP contribution is -2.38. The van der Waals surface area contributed by atoms with Gasteiger partial charge in [-0.3, -0.25) is 9.69 Å². The van der Waals surface area contributed by atoms with Crippen molar-refractivity contribution in [2.45, 2.75) is 76.8 Å². The molecule has 2 saturated carbocycles. The Hall–Kier alpha value is -1.55. The molecule has 1 aliphatic heterocycles. The van der Waals surface area contributed by atoms with Crippen molar-refractivity contribution in [3.8, 4) is 5.75 Å². The predicted octanol–water partition coefficient (Wildman–Crippen LogP) is 4.62. The van der Waals surface area contributed by atoms with Crippen LogP contribution in [-0.2, 0) is 11.3 Å². The van der Waals surface area contributed by atoms with Crippen LogP contribution in [0.1, 0.15) is 69.8 Å². The molecule has 4 rings (SSSR count). The SMILES string of the molecule is O=C(C1CCCCC1)N(Cc1cccc(OCCN2CCCCC2)c1)C1CC1. The maximum Gasteiger partial charge on any atom is 0.226 e. The molecule has 154 valence electrons.